The van der Waals surface area contributed by atoms with Crippen molar-refractivity contribution in [1.29, 1.82) is 0 Å². The minimum absolute atomic E-state index is 0.220. The van der Waals surface area contributed by atoms with Crippen LogP contribution in [-0.2, 0) is 14.3 Å². The predicted molar refractivity (Wildman–Crippen MR) is 29.9 cm³/mol. The molecule has 0 aromatic rings. The molecule has 0 saturated carbocycles. The standard InChI is InChI=1S/C6H6O4/c7-3-5-1-2-9-6(5,4-8)10-5/h1-2,4,7H,3H2. The van der Waals surface area contributed by atoms with Gasteiger partial charge in [0.2, 0.25) is 0 Å². The highest BCUT2D eigenvalue weighted by Crippen LogP contribution is 2.52. The van der Waals surface area contributed by atoms with E-state index in [1.165, 1.54) is 6.26 Å². The monoisotopic (exact) mass is 142 g/mol. The number of aliphatic hydroxyl groups excluding tert-OH is 1. The second-order valence-corrected chi connectivity index (χ2v) is 2.36. The molecule has 1 N–H and O–H groups in total. The minimum atomic E-state index is -1.19. The van der Waals surface area contributed by atoms with Crippen molar-refractivity contribution < 1.29 is 19.4 Å². The first kappa shape index (κ1) is 5.88. The van der Waals surface area contributed by atoms with Crippen molar-refractivity contribution in [3.05, 3.63) is 12.3 Å². The van der Waals surface area contributed by atoms with E-state index in [1.54, 1.807) is 6.08 Å². The number of aldehydes is 1. The zero-order chi connectivity index (χ0) is 7.24. The molecule has 2 rings (SSSR count). The summed E-state index contributed by atoms with van der Waals surface area (Å²) in [7, 11) is 0. The van der Waals surface area contributed by atoms with Crippen molar-refractivity contribution in [3.8, 4) is 0 Å². The molecule has 0 aromatic heterocycles. The molecule has 2 atom stereocenters. The smallest absolute Gasteiger partial charge is 0.303 e. The van der Waals surface area contributed by atoms with Crippen molar-refractivity contribution in [3.63, 3.8) is 0 Å². The van der Waals surface area contributed by atoms with Gasteiger partial charge >= 0.3 is 5.79 Å². The Morgan fingerprint density at radius 1 is 1.70 bits per heavy atom. The van der Waals surface area contributed by atoms with Crippen LogP contribution in [0.1, 0.15) is 0 Å². The molecule has 0 amide bonds. The second-order valence-electron chi connectivity index (χ2n) is 2.36. The first-order valence-corrected chi connectivity index (χ1v) is 2.91. The lowest BCUT2D eigenvalue weighted by molar-refractivity contribution is -0.123. The molecule has 2 aliphatic rings. The normalized spacial score (nSPS) is 48.1. The lowest BCUT2D eigenvalue weighted by atomic mass is 10.1. The number of carbonyl (C=O) groups is 1. The van der Waals surface area contributed by atoms with E-state index in [0.717, 1.165) is 0 Å². The van der Waals surface area contributed by atoms with Gasteiger partial charge in [0.15, 0.2) is 11.9 Å². The topological polar surface area (TPSA) is 59.1 Å². The number of hydrogen-bond acceptors (Lipinski definition) is 4. The zero-order valence-electron chi connectivity index (χ0n) is 5.11. The zero-order valence-corrected chi connectivity index (χ0v) is 5.11. The van der Waals surface area contributed by atoms with Crippen molar-refractivity contribution in [2.45, 2.75) is 11.4 Å². The molecule has 2 heterocycles. The Balaban J connectivity index is 2.29. The number of fused-ring (bicyclic) bond motifs is 1. The van der Waals surface area contributed by atoms with Crippen LogP contribution in [0.4, 0.5) is 0 Å². The molecule has 1 fully saturated rings. The third kappa shape index (κ3) is 0.392. The van der Waals surface area contributed by atoms with Gasteiger partial charge in [-0.15, -0.1) is 0 Å². The maximum absolute atomic E-state index is 10.3. The van der Waals surface area contributed by atoms with Crippen molar-refractivity contribution in [1.82, 2.24) is 0 Å². The molecule has 0 aliphatic carbocycles. The predicted octanol–water partition coefficient (Wildman–Crippen LogP) is -0.813. The molecule has 0 bridgehead atoms. The average Bonchev–Trinajstić information content (AvgIpc) is 2.51. The van der Waals surface area contributed by atoms with E-state index < -0.39 is 11.4 Å². The Kier molecular flexibility index (Phi) is 0.828. The van der Waals surface area contributed by atoms with Gasteiger partial charge in [-0.1, -0.05) is 0 Å². The van der Waals surface area contributed by atoms with Crippen LogP contribution in [0.25, 0.3) is 0 Å². The summed E-state index contributed by atoms with van der Waals surface area (Å²) in [6, 6.07) is 0. The Bertz CT molecular complexity index is 212. The maximum Gasteiger partial charge on any atom is 0.303 e. The number of aliphatic hydroxyl groups is 1. The van der Waals surface area contributed by atoms with Gasteiger partial charge in [-0.2, -0.15) is 0 Å². The first-order valence-electron chi connectivity index (χ1n) is 2.91. The summed E-state index contributed by atoms with van der Waals surface area (Å²) in [5.41, 5.74) is -0.866. The Labute approximate surface area is 57.0 Å². The van der Waals surface area contributed by atoms with Crippen LogP contribution in [0.2, 0.25) is 0 Å². The number of epoxide rings is 1. The third-order valence-corrected chi connectivity index (χ3v) is 1.85. The molecular weight excluding hydrogens is 136 g/mol. The Morgan fingerprint density at radius 3 is 2.90 bits per heavy atom. The van der Waals surface area contributed by atoms with E-state index in [1.807, 2.05) is 0 Å². The second kappa shape index (κ2) is 1.41. The summed E-state index contributed by atoms with van der Waals surface area (Å²) in [6.45, 7) is -0.220. The van der Waals surface area contributed by atoms with E-state index in [2.05, 4.69) is 0 Å². The van der Waals surface area contributed by atoms with Crippen LogP contribution >= 0.6 is 0 Å². The lowest BCUT2D eigenvalue weighted by Crippen LogP contribution is -2.26. The van der Waals surface area contributed by atoms with Crippen LogP contribution in [0.15, 0.2) is 12.3 Å². The summed E-state index contributed by atoms with van der Waals surface area (Å²) in [4.78, 5) is 10.3. The molecule has 1 saturated heterocycles. The van der Waals surface area contributed by atoms with Crippen molar-refractivity contribution in [2.75, 3.05) is 6.61 Å². The largest absolute Gasteiger partial charge is 0.460 e. The highest BCUT2D eigenvalue weighted by molar-refractivity contribution is 5.70. The molecule has 2 aliphatic heterocycles. The van der Waals surface area contributed by atoms with Gasteiger partial charge in [0, 0.05) is 0 Å². The van der Waals surface area contributed by atoms with E-state index in [0.29, 0.717) is 6.29 Å². The summed E-state index contributed by atoms with van der Waals surface area (Å²) in [5.74, 6) is -1.19. The minimum Gasteiger partial charge on any atom is -0.460 e. The quantitative estimate of drug-likeness (QED) is 0.404. The number of hydrogen-bond donors (Lipinski definition) is 1. The average molecular weight is 142 g/mol. The number of rotatable bonds is 2. The van der Waals surface area contributed by atoms with Crippen LogP contribution < -0.4 is 0 Å². The van der Waals surface area contributed by atoms with Crippen LogP contribution in [-0.4, -0.2) is 29.4 Å². The van der Waals surface area contributed by atoms with Gasteiger partial charge in [0.05, 0.1) is 12.9 Å². The fraction of sp³-hybridized carbons (Fsp3) is 0.500. The van der Waals surface area contributed by atoms with E-state index in [-0.39, 0.29) is 6.61 Å². The van der Waals surface area contributed by atoms with Crippen LogP contribution in [0, 0.1) is 0 Å². The Morgan fingerprint density at radius 2 is 2.50 bits per heavy atom. The summed E-state index contributed by atoms with van der Waals surface area (Å²) < 4.78 is 9.73. The van der Waals surface area contributed by atoms with Crippen molar-refractivity contribution in [2.24, 2.45) is 0 Å². The van der Waals surface area contributed by atoms with Gasteiger partial charge < -0.3 is 14.6 Å². The SMILES string of the molecule is O=CC12OC=CC1(CO)O2. The molecule has 54 valence electrons. The highest BCUT2D eigenvalue weighted by Gasteiger charge is 2.74. The van der Waals surface area contributed by atoms with Crippen LogP contribution in [0.5, 0.6) is 0 Å². The number of ether oxygens (including phenoxy) is 2. The molecule has 4 heteroatoms. The Hall–Kier alpha value is -0.870. The summed E-state index contributed by atoms with van der Waals surface area (Å²) in [5, 5.41) is 8.75. The van der Waals surface area contributed by atoms with Crippen molar-refractivity contribution >= 4 is 6.29 Å². The highest BCUT2D eigenvalue weighted by atomic mass is 16.8. The van der Waals surface area contributed by atoms with Crippen LogP contribution in [0.3, 0.4) is 0 Å². The van der Waals surface area contributed by atoms with Gasteiger partial charge in [-0.25, -0.2) is 0 Å². The van der Waals surface area contributed by atoms with Gasteiger partial charge in [-0.05, 0) is 6.08 Å². The lowest BCUT2D eigenvalue weighted by Gasteiger charge is -1.99. The molecular formula is C6H6O4. The maximum atomic E-state index is 10.3. The van der Waals surface area contributed by atoms with E-state index in [9.17, 15) is 4.79 Å². The molecule has 10 heavy (non-hydrogen) atoms. The molecule has 4 nitrogen and oxygen atoms in total. The van der Waals surface area contributed by atoms with E-state index in [4.69, 9.17) is 14.6 Å². The molecule has 0 radical (unpaired) electrons. The fourth-order valence-corrected chi connectivity index (χ4v) is 1.11. The van der Waals surface area contributed by atoms with Gasteiger partial charge in [0.1, 0.15) is 0 Å². The summed E-state index contributed by atoms with van der Waals surface area (Å²) in [6.07, 6.45) is 3.47. The first-order chi connectivity index (χ1) is 4.79. The molecule has 0 spiro atoms. The third-order valence-electron chi connectivity index (χ3n) is 1.85. The molecule has 0 aromatic carbocycles. The number of carbonyl (C=O) groups excluding carboxylic acids is 1. The van der Waals surface area contributed by atoms with Gasteiger partial charge in [-0.3, -0.25) is 4.79 Å². The fourth-order valence-electron chi connectivity index (χ4n) is 1.11. The molecule has 2 unspecified atom stereocenters. The van der Waals surface area contributed by atoms with E-state index >= 15 is 0 Å². The van der Waals surface area contributed by atoms with Gasteiger partial charge in [0.25, 0.3) is 0 Å². The summed E-state index contributed by atoms with van der Waals surface area (Å²) >= 11 is 0.